The fraction of sp³-hybridized carbons (Fsp3) is 0.681. The van der Waals surface area contributed by atoms with E-state index in [-0.39, 0.29) is 11.0 Å². The van der Waals surface area contributed by atoms with Gasteiger partial charge in [-0.1, -0.05) is 178 Å². The van der Waals surface area contributed by atoms with Gasteiger partial charge in [0.2, 0.25) is 0 Å². The van der Waals surface area contributed by atoms with Crippen molar-refractivity contribution in [2.24, 2.45) is 0 Å². The summed E-state index contributed by atoms with van der Waals surface area (Å²) in [6, 6.07) is 0. The molecule has 0 rings (SSSR count). The van der Waals surface area contributed by atoms with E-state index in [0.717, 1.165) is 44.9 Å². The SMILES string of the molecule is CC/C=C\C/C=C\C/C=C\C/C=C\C/C=C\C/C=C\CCC(=O)OC(CO/C=C\CCCCCCCCCCCCCC)CO[Si](C)(C)C(C)(C)C. The molecular weight excluding hydrogens is 657 g/mol. The minimum absolute atomic E-state index is 0.0898. The molecule has 298 valence electrons. The molecule has 0 saturated heterocycles. The number of allylic oxidation sites excluding steroid dienone is 13. The Morgan fingerprint density at radius 3 is 1.46 bits per heavy atom. The second-order valence-electron chi connectivity index (χ2n) is 15.5. The fourth-order valence-corrected chi connectivity index (χ4v) is 6.16. The lowest BCUT2D eigenvalue weighted by Gasteiger charge is -2.37. The first-order valence-electron chi connectivity index (χ1n) is 21.1. The van der Waals surface area contributed by atoms with Crippen LogP contribution >= 0.6 is 0 Å². The molecule has 0 N–H and O–H groups in total. The summed E-state index contributed by atoms with van der Waals surface area (Å²) in [6.45, 7) is 16.2. The zero-order valence-electron chi connectivity index (χ0n) is 35.1. The highest BCUT2D eigenvalue weighted by Crippen LogP contribution is 2.36. The van der Waals surface area contributed by atoms with E-state index in [0.29, 0.717) is 26.1 Å². The third kappa shape index (κ3) is 33.5. The largest absolute Gasteiger partial charge is 0.498 e. The third-order valence-electron chi connectivity index (χ3n) is 9.54. The van der Waals surface area contributed by atoms with Gasteiger partial charge >= 0.3 is 5.97 Å². The molecule has 52 heavy (non-hydrogen) atoms. The lowest BCUT2D eigenvalue weighted by atomic mass is 10.0. The Morgan fingerprint density at radius 2 is 1.00 bits per heavy atom. The maximum Gasteiger partial charge on any atom is 0.306 e. The van der Waals surface area contributed by atoms with Gasteiger partial charge in [0.25, 0.3) is 0 Å². The van der Waals surface area contributed by atoms with E-state index in [4.69, 9.17) is 13.9 Å². The van der Waals surface area contributed by atoms with Crippen LogP contribution in [0.2, 0.25) is 18.1 Å². The standard InChI is InChI=1S/C47H82O4Si/c1-8-10-12-14-16-18-20-22-24-25-26-27-28-29-31-33-35-37-39-41-46(48)51-45(44-50-52(6,7)47(3,4)5)43-49-42-40-38-36-34-32-30-23-21-19-17-15-13-11-9-2/h10,12,16,18,22,24,26-27,29,31,35,37,40,42,45H,8-9,11,13-15,17,19-21,23,25,28,30,32-34,36,38-39,41,43-44H2,1-7H3/b12-10-,18-16-,24-22-,27-26-,31-29-,37-35-,42-40-. The Kier molecular flexibility index (Phi) is 34.0. The second kappa shape index (κ2) is 35.6. The Morgan fingerprint density at radius 1 is 0.558 bits per heavy atom. The Hall–Kier alpha value is -2.37. The van der Waals surface area contributed by atoms with E-state index in [2.05, 4.69) is 127 Å². The molecule has 0 radical (unpaired) electrons. The first-order chi connectivity index (χ1) is 25.1. The van der Waals surface area contributed by atoms with E-state index in [1.165, 1.54) is 77.0 Å². The first kappa shape index (κ1) is 49.6. The number of ether oxygens (including phenoxy) is 2. The maximum atomic E-state index is 12.7. The molecule has 0 aliphatic rings. The minimum atomic E-state index is -1.97. The van der Waals surface area contributed by atoms with Crippen molar-refractivity contribution in [3.63, 3.8) is 0 Å². The smallest absolute Gasteiger partial charge is 0.306 e. The maximum absolute atomic E-state index is 12.7. The summed E-state index contributed by atoms with van der Waals surface area (Å²) < 4.78 is 18.1. The Labute approximate surface area is 324 Å². The van der Waals surface area contributed by atoms with E-state index in [1.54, 1.807) is 6.26 Å². The number of hydrogen-bond donors (Lipinski definition) is 0. The second-order valence-corrected chi connectivity index (χ2v) is 20.3. The van der Waals surface area contributed by atoms with Crippen LogP contribution in [0.3, 0.4) is 0 Å². The number of hydrogen-bond acceptors (Lipinski definition) is 4. The number of carbonyl (C=O) groups excluding carboxylic acids is 1. The van der Waals surface area contributed by atoms with Crippen molar-refractivity contribution in [1.82, 2.24) is 0 Å². The molecule has 0 saturated carbocycles. The van der Waals surface area contributed by atoms with Crippen molar-refractivity contribution in [3.05, 3.63) is 85.3 Å². The van der Waals surface area contributed by atoms with Gasteiger partial charge in [0, 0.05) is 6.42 Å². The van der Waals surface area contributed by atoms with Gasteiger partial charge in [-0.15, -0.1) is 0 Å². The van der Waals surface area contributed by atoms with Crippen molar-refractivity contribution in [2.75, 3.05) is 13.2 Å². The first-order valence-corrected chi connectivity index (χ1v) is 24.0. The van der Waals surface area contributed by atoms with Gasteiger partial charge in [-0.25, -0.2) is 0 Å². The summed E-state index contributed by atoms with van der Waals surface area (Å²) in [4.78, 5) is 12.7. The lowest BCUT2D eigenvalue weighted by molar-refractivity contribution is -0.153. The monoisotopic (exact) mass is 739 g/mol. The summed E-state index contributed by atoms with van der Waals surface area (Å²) in [6.07, 6.45) is 54.0. The fourth-order valence-electron chi connectivity index (χ4n) is 5.12. The van der Waals surface area contributed by atoms with Gasteiger partial charge in [0.1, 0.15) is 6.61 Å². The normalized spacial score (nSPS) is 13.8. The molecule has 0 bridgehead atoms. The summed E-state index contributed by atoms with van der Waals surface area (Å²) in [5.41, 5.74) is 0. The lowest BCUT2D eigenvalue weighted by Crippen LogP contribution is -2.43. The van der Waals surface area contributed by atoms with Crippen molar-refractivity contribution in [2.45, 2.75) is 194 Å². The van der Waals surface area contributed by atoms with Crippen LogP contribution in [-0.2, 0) is 18.7 Å². The van der Waals surface area contributed by atoms with Crippen LogP contribution < -0.4 is 0 Å². The van der Waals surface area contributed by atoms with E-state index < -0.39 is 14.4 Å². The molecule has 0 aliphatic heterocycles. The molecule has 1 atom stereocenters. The van der Waals surface area contributed by atoms with Crippen LogP contribution in [0.25, 0.3) is 0 Å². The highest BCUT2D eigenvalue weighted by molar-refractivity contribution is 6.74. The molecule has 0 aromatic carbocycles. The van der Waals surface area contributed by atoms with Gasteiger partial charge < -0.3 is 13.9 Å². The Balaban J connectivity index is 4.32. The van der Waals surface area contributed by atoms with Crippen molar-refractivity contribution >= 4 is 14.3 Å². The molecule has 0 heterocycles. The Bertz CT molecular complexity index is 1020. The number of carbonyl (C=O) groups is 1. The van der Waals surface area contributed by atoms with Gasteiger partial charge in [0.05, 0.1) is 12.9 Å². The summed E-state index contributed by atoms with van der Waals surface area (Å²) in [7, 11) is -1.97. The van der Waals surface area contributed by atoms with Gasteiger partial charge in [-0.2, -0.15) is 0 Å². The summed E-state index contributed by atoms with van der Waals surface area (Å²) >= 11 is 0. The molecule has 0 aromatic heterocycles. The highest BCUT2D eigenvalue weighted by atomic mass is 28.4. The molecule has 0 spiro atoms. The molecule has 0 aromatic rings. The highest BCUT2D eigenvalue weighted by Gasteiger charge is 2.38. The van der Waals surface area contributed by atoms with E-state index in [1.807, 2.05) is 0 Å². The van der Waals surface area contributed by atoms with Crippen LogP contribution in [0, 0.1) is 0 Å². The number of rotatable bonds is 34. The average Bonchev–Trinajstić information content (AvgIpc) is 3.10. The molecular formula is C47H82O4Si. The molecule has 0 amide bonds. The van der Waals surface area contributed by atoms with Crippen LogP contribution in [0.15, 0.2) is 85.3 Å². The molecule has 0 fully saturated rings. The van der Waals surface area contributed by atoms with E-state index in [9.17, 15) is 4.79 Å². The number of unbranched alkanes of at least 4 members (excludes halogenated alkanes) is 12. The van der Waals surface area contributed by atoms with Crippen molar-refractivity contribution < 1.29 is 18.7 Å². The van der Waals surface area contributed by atoms with E-state index >= 15 is 0 Å². The zero-order valence-corrected chi connectivity index (χ0v) is 36.1. The summed E-state index contributed by atoms with van der Waals surface area (Å²) in [5.74, 6) is -0.201. The van der Waals surface area contributed by atoms with Crippen LogP contribution in [-0.4, -0.2) is 33.6 Å². The molecule has 5 heteroatoms. The van der Waals surface area contributed by atoms with Crippen LogP contribution in [0.4, 0.5) is 0 Å². The third-order valence-corrected chi connectivity index (χ3v) is 14.0. The van der Waals surface area contributed by atoms with Crippen LogP contribution in [0.5, 0.6) is 0 Å². The predicted molar refractivity (Wildman–Crippen MR) is 231 cm³/mol. The van der Waals surface area contributed by atoms with Crippen molar-refractivity contribution in [1.29, 1.82) is 0 Å². The topological polar surface area (TPSA) is 44.8 Å². The van der Waals surface area contributed by atoms with Gasteiger partial charge in [-0.3, -0.25) is 4.79 Å². The van der Waals surface area contributed by atoms with Crippen LogP contribution in [0.1, 0.15) is 169 Å². The number of esters is 1. The predicted octanol–water partition coefficient (Wildman–Crippen LogP) is 15.0. The quantitative estimate of drug-likeness (QED) is 0.0217. The van der Waals surface area contributed by atoms with Gasteiger partial charge in [0.15, 0.2) is 14.4 Å². The molecule has 4 nitrogen and oxygen atoms in total. The molecule has 1 unspecified atom stereocenters. The summed E-state index contributed by atoms with van der Waals surface area (Å²) in [5, 5.41) is 0.0898. The van der Waals surface area contributed by atoms with Crippen molar-refractivity contribution in [3.8, 4) is 0 Å². The van der Waals surface area contributed by atoms with Gasteiger partial charge in [-0.05, 0) is 82.0 Å². The minimum Gasteiger partial charge on any atom is -0.498 e. The average molecular weight is 739 g/mol. The molecule has 0 aliphatic carbocycles. The zero-order chi connectivity index (χ0) is 38.4.